The summed E-state index contributed by atoms with van der Waals surface area (Å²) in [7, 11) is 4.43. The molecule has 0 bridgehead atoms. The van der Waals surface area contributed by atoms with E-state index in [0.717, 1.165) is 23.9 Å². The maximum absolute atomic E-state index is 13.1. The number of rotatable bonds is 10. The molecule has 10 nitrogen and oxygen atoms in total. The summed E-state index contributed by atoms with van der Waals surface area (Å²) in [6.45, 7) is 0. The van der Waals surface area contributed by atoms with Crippen LogP contribution < -0.4 is 19.8 Å². The summed E-state index contributed by atoms with van der Waals surface area (Å²) in [5.74, 6) is 1.36. The molecule has 15 heteroatoms. The molecule has 0 aliphatic heterocycles. The van der Waals surface area contributed by atoms with Crippen molar-refractivity contribution < 1.29 is 27.4 Å². The molecule has 3 aromatic carbocycles. The van der Waals surface area contributed by atoms with Gasteiger partial charge in [-0.25, -0.2) is 0 Å². The number of halogens is 4. The Hall–Kier alpha value is -5.08. The fraction of sp³-hybridized carbons (Fsp3) is 0.129. The van der Waals surface area contributed by atoms with Crippen LogP contribution in [0.1, 0.15) is 11.1 Å². The Kier molecular flexibility index (Phi) is 9.78. The quantitative estimate of drug-likeness (QED) is 0.148. The lowest BCUT2D eigenvalue weighted by atomic mass is 10.1. The average Bonchev–Trinajstić information content (AvgIpc) is 3.46. The Morgan fingerprint density at radius 3 is 2.22 bits per heavy atom. The molecule has 2 heterocycles. The van der Waals surface area contributed by atoms with E-state index in [1.165, 1.54) is 55.2 Å². The van der Waals surface area contributed by atoms with E-state index in [9.17, 15) is 18.0 Å². The van der Waals surface area contributed by atoms with Crippen molar-refractivity contribution >= 4 is 35.7 Å². The Balaban J connectivity index is 1.54. The van der Waals surface area contributed by atoms with Crippen molar-refractivity contribution in [1.29, 1.82) is 0 Å². The van der Waals surface area contributed by atoms with Crippen molar-refractivity contribution in [3.8, 4) is 34.3 Å². The minimum atomic E-state index is -4.43. The standard InChI is InChI=1S/C31H24ClF3N6O4S/c1-43-23-16-20(17-24(44-2)27(23)45-3)28-38-39-30(41(28)36-15-7-8-19-11-13-21(14-12-19)31(33,34)35)46-25-18-37-40(29(42)26(25)32)22-9-5-4-6-10-22/h4-18H,1-3H3/b8-7-,36-15+. The number of ether oxygens (including phenoxy) is 3. The molecule has 5 rings (SSSR count). The largest absolute Gasteiger partial charge is 0.493 e. The highest BCUT2D eigenvalue weighted by molar-refractivity contribution is 7.99. The van der Waals surface area contributed by atoms with Crippen LogP contribution in [0.4, 0.5) is 13.2 Å². The molecule has 0 unspecified atom stereocenters. The molecule has 0 saturated heterocycles. The summed E-state index contributed by atoms with van der Waals surface area (Å²) < 4.78 is 57.8. The Morgan fingerprint density at radius 2 is 1.61 bits per heavy atom. The van der Waals surface area contributed by atoms with Gasteiger partial charge in [-0.05, 0) is 59.8 Å². The second-order valence-corrected chi connectivity index (χ2v) is 10.6. The molecule has 0 fully saturated rings. The Morgan fingerprint density at radius 1 is 0.935 bits per heavy atom. The molecular weight excluding hydrogens is 645 g/mol. The van der Waals surface area contributed by atoms with Crippen LogP contribution in [0.25, 0.3) is 23.2 Å². The highest BCUT2D eigenvalue weighted by Gasteiger charge is 2.29. The van der Waals surface area contributed by atoms with Gasteiger partial charge in [0.05, 0.1) is 43.7 Å². The van der Waals surface area contributed by atoms with Gasteiger partial charge >= 0.3 is 6.18 Å². The second kappa shape index (κ2) is 13.9. The van der Waals surface area contributed by atoms with Crippen molar-refractivity contribution in [2.45, 2.75) is 16.2 Å². The molecule has 0 aliphatic rings. The Bertz CT molecular complexity index is 1940. The van der Waals surface area contributed by atoms with Gasteiger partial charge in [-0.1, -0.05) is 48.0 Å². The number of hydrogen-bond acceptors (Lipinski definition) is 9. The normalized spacial score (nSPS) is 11.8. The van der Waals surface area contributed by atoms with Crippen LogP contribution in [0.5, 0.6) is 17.2 Å². The SMILES string of the molecule is COc1cc(-c2nnc(Sc3cnn(-c4ccccc4)c(=O)c3Cl)n2/N=C/C=C\c2ccc(C(F)(F)F)cc2)cc(OC)c1OC. The fourth-order valence-electron chi connectivity index (χ4n) is 4.21. The number of aromatic nitrogens is 5. The summed E-state index contributed by atoms with van der Waals surface area (Å²) in [6, 6.07) is 16.8. The lowest BCUT2D eigenvalue weighted by Crippen LogP contribution is -2.21. The smallest absolute Gasteiger partial charge is 0.416 e. The first-order chi connectivity index (χ1) is 22.1. The molecule has 0 atom stereocenters. The minimum Gasteiger partial charge on any atom is -0.493 e. The summed E-state index contributed by atoms with van der Waals surface area (Å²) in [6.07, 6.45) is 1.56. The number of nitrogens with zero attached hydrogens (tertiary/aromatic N) is 6. The van der Waals surface area contributed by atoms with Gasteiger partial charge in [0.1, 0.15) is 5.02 Å². The lowest BCUT2D eigenvalue weighted by molar-refractivity contribution is -0.137. The van der Waals surface area contributed by atoms with E-state index in [2.05, 4.69) is 20.4 Å². The number of methoxy groups -OCH3 is 3. The van der Waals surface area contributed by atoms with Gasteiger partial charge in [0.2, 0.25) is 10.9 Å². The first-order valence-electron chi connectivity index (χ1n) is 13.3. The number of hydrogen-bond donors (Lipinski definition) is 0. The van der Waals surface area contributed by atoms with Crippen molar-refractivity contribution in [3.05, 3.63) is 106 Å². The zero-order valence-electron chi connectivity index (χ0n) is 24.4. The van der Waals surface area contributed by atoms with Gasteiger partial charge < -0.3 is 14.2 Å². The summed E-state index contributed by atoms with van der Waals surface area (Å²) in [4.78, 5) is 13.4. The summed E-state index contributed by atoms with van der Waals surface area (Å²) in [5.41, 5.74) is 0.296. The minimum absolute atomic E-state index is 0.0843. The Labute approximate surface area is 269 Å². The molecule has 0 aliphatic carbocycles. The fourth-order valence-corrected chi connectivity index (χ4v) is 5.23. The molecule has 2 aromatic heterocycles. The molecule has 0 N–H and O–H groups in total. The third-order valence-corrected chi connectivity index (χ3v) is 7.86. The van der Waals surface area contributed by atoms with Crippen LogP contribution in [0.3, 0.4) is 0 Å². The molecular formula is C31H24ClF3N6O4S. The zero-order chi connectivity index (χ0) is 32.8. The van der Waals surface area contributed by atoms with E-state index >= 15 is 0 Å². The lowest BCUT2D eigenvalue weighted by Gasteiger charge is -2.14. The van der Waals surface area contributed by atoms with E-state index in [1.807, 2.05) is 6.07 Å². The van der Waals surface area contributed by atoms with Crippen molar-refractivity contribution in [2.75, 3.05) is 21.3 Å². The molecule has 46 heavy (non-hydrogen) atoms. The van der Waals surface area contributed by atoms with Gasteiger partial charge in [-0.3, -0.25) is 4.79 Å². The number of alkyl halides is 3. The topological polar surface area (TPSA) is 106 Å². The molecule has 236 valence electrons. The maximum atomic E-state index is 13.1. The first kappa shape index (κ1) is 32.3. The molecule has 0 amide bonds. The van der Waals surface area contributed by atoms with Crippen molar-refractivity contribution in [1.82, 2.24) is 24.7 Å². The number of allylic oxidation sites excluding steroid dienone is 1. The summed E-state index contributed by atoms with van der Waals surface area (Å²) >= 11 is 7.51. The van der Waals surface area contributed by atoms with Crippen LogP contribution in [0, 0.1) is 0 Å². The third kappa shape index (κ3) is 6.92. The maximum Gasteiger partial charge on any atom is 0.416 e. The van der Waals surface area contributed by atoms with Crippen molar-refractivity contribution in [3.63, 3.8) is 0 Å². The van der Waals surface area contributed by atoms with E-state index in [0.29, 0.717) is 39.0 Å². The third-order valence-electron chi connectivity index (χ3n) is 6.42. The average molecular weight is 669 g/mol. The molecule has 0 spiro atoms. The van der Waals surface area contributed by atoms with E-state index < -0.39 is 17.3 Å². The molecule has 0 radical (unpaired) electrons. The van der Waals surface area contributed by atoms with E-state index in [4.69, 9.17) is 25.8 Å². The van der Waals surface area contributed by atoms with Crippen LogP contribution in [-0.2, 0) is 6.18 Å². The van der Waals surface area contributed by atoms with Gasteiger partial charge in [0, 0.05) is 11.8 Å². The number of para-hydroxylation sites is 1. The van der Waals surface area contributed by atoms with Crippen LogP contribution in [-0.4, -0.2) is 52.2 Å². The predicted octanol–water partition coefficient (Wildman–Crippen LogP) is 6.89. The van der Waals surface area contributed by atoms with Gasteiger partial charge in [-0.15, -0.1) is 10.2 Å². The highest BCUT2D eigenvalue weighted by Crippen LogP contribution is 2.42. The van der Waals surface area contributed by atoms with E-state index in [1.54, 1.807) is 48.6 Å². The van der Waals surface area contributed by atoms with Crippen LogP contribution in [0.15, 0.2) is 99.0 Å². The van der Waals surface area contributed by atoms with Gasteiger partial charge in [0.15, 0.2) is 17.3 Å². The van der Waals surface area contributed by atoms with Gasteiger partial charge in [-0.2, -0.15) is 32.7 Å². The monoisotopic (exact) mass is 668 g/mol. The molecule has 0 saturated carbocycles. The van der Waals surface area contributed by atoms with Gasteiger partial charge in [0.25, 0.3) is 5.56 Å². The molecule has 5 aromatic rings. The zero-order valence-corrected chi connectivity index (χ0v) is 26.0. The highest BCUT2D eigenvalue weighted by atomic mass is 35.5. The summed E-state index contributed by atoms with van der Waals surface area (Å²) in [5, 5.41) is 17.5. The van der Waals surface area contributed by atoms with Crippen LogP contribution in [0.2, 0.25) is 5.02 Å². The van der Waals surface area contributed by atoms with Crippen molar-refractivity contribution in [2.24, 2.45) is 5.10 Å². The predicted molar refractivity (Wildman–Crippen MR) is 168 cm³/mol. The first-order valence-corrected chi connectivity index (χ1v) is 14.5. The second-order valence-electron chi connectivity index (χ2n) is 9.25. The van der Waals surface area contributed by atoms with Crippen LogP contribution >= 0.6 is 23.4 Å². The van der Waals surface area contributed by atoms with E-state index in [-0.39, 0.29) is 16.0 Å². The number of benzene rings is 3.